The fourth-order valence-electron chi connectivity index (χ4n) is 4.64. The lowest BCUT2D eigenvalue weighted by atomic mass is 9.94. The van der Waals surface area contributed by atoms with Crippen LogP contribution in [0.5, 0.6) is 0 Å². The molecule has 1 aromatic carbocycles. The Balaban J connectivity index is 1.50. The van der Waals surface area contributed by atoms with Crippen LogP contribution in [0.4, 0.5) is 5.69 Å². The van der Waals surface area contributed by atoms with Crippen LogP contribution < -0.4 is 4.90 Å². The predicted octanol–water partition coefficient (Wildman–Crippen LogP) is 3.52. The van der Waals surface area contributed by atoms with E-state index in [2.05, 4.69) is 36.9 Å². The summed E-state index contributed by atoms with van der Waals surface area (Å²) in [4.78, 5) is 31.1. The standard InChI is InChI=1S/C23H35N3O2/c1-18-8-7-11-22(19(18)2)24-14-16-25(17-15-24)23(28)12-13-26(20(3)27)21-9-5-4-6-10-21/h7-8,11,21H,4-6,9-10,12-17H2,1-3H3. The molecule has 2 amide bonds. The van der Waals surface area contributed by atoms with E-state index in [1.807, 2.05) is 9.80 Å². The van der Waals surface area contributed by atoms with Gasteiger partial charge in [0.15, 0.2) is 0 Å². The highest BCUT2D eigenvalue weighted by Gasteiger charge is 2.26. The maximum atomic E-state index is 12.7. The van der Waals surface area contributed by atoms with Gasteiger partial charge in [-0.25, -0.2) is 0 Å². The summed E-state index contributed by atoms with van der Waals surface area (Å²) in [7, 11) is 0. The number of nitrogens with zero attached hydrogens (tertiary/aromatic N) is 3. The van der Waals surface area contributed by atoms with E-state index in [4.69, 9.17) is 0 Å². The van der Waals surface area contributed by atoms with Crippen LogP contribution in [0, 0.1) is 13.8 Å². The first-order chi connectivity index (χ1) is 13.5. The van der Waals surface area contributed by atoms with Gasteiger partial charge in [-0.15, -0.1) is 0 Å². The number of carbonyl (C=O) groups is 2. The van der Waals surface area contributed by atoms with Crippen molar-refractivity contribution in [3.63, 3.8) is 0 Å². The van der Waals surface area contributed by atoms with Crippen LogP contribution in [-0.4, -0.2) is 60.4 Å². The number of hydrogen-bond acceptors (Lipinski definition) is 3. The fraction of sp³-hybridized carbons (Fsp3) is 0.652. The Hall–Kier alpha value is -2.04. The largest absolute Gasteiger partial charge is 0.368 e. The van der Waals surface area contributed by atoms with Crippen LogP contribution in [0.3, 0.4) is 0 Å². The Kier molecular flexibility index (Phi) is 6.97. The Morgan fingerprint density at radius 2 is 1.71 bits per heavy atom. The van der Waals surface area contributed by atoms with E-state index in [1.54, 1.807) is 6.92 Å². The van der Waals surface area contributed by atoms with Crippen molar-refractivity contribution in [2.45, 2.75) is 65.3 Å². The Morgan fingerprint density at radius 1 is 1.04 bits per heavy atom. The molecule has 0 aromatic heterocycles. The number of carbonyl (C=O) groups excluding carboxylic acids is 2. The second-order valence-electron chi connectivity index (χ2n) is 8.34. The van der Waals surface area contributed by atoms with E-state index in [0.717, 1.165) is 39.0 Å². The Labute approximate surface area is 169 Å². The third-order valence-electron chi connectivity index (χ3n) is 6.54. The van der Waals surface area contributed by atoms with Gasteiger partial charge < -0.3 is 14.7 Å². The summed E-state index contributed by atoms with van der Waals surface area (Å²) < 4.78 is 0. The molecule has 2 fully saturated rings. The van der Waals surface area contributed by atoms with Crippen LogP contribution in [0.2, 0.25) is 0 Å². The highest BCUT2D eigenvalue weighted by atomic mass is 16.2. The van der Waals surface area contributed by atoms with Gasteiger partial charge >= 0.3 is 0 Å². The molecule has 1 saturated heterocycles. The molecular weight excluding hydrogens is 350 g/mol. The first-order valence-corrected chi connectivity index (χ1v) is 10.8. The van der Waals surface area contributed by atoms with Gasteiger partial charge in [0.05, 0.1) is 0 Å². The van der Waals surface area contributed by atoms with Crippen molar-refractivity contribution in [2.24, 2.45) is 0 Å². The number of anilines is 1. The van der Waals surface area contributed by atoms with Crippen molar-refractivity contribution >= 4 is 17.5 Å². The topological polar surface area (TPSA) is 43.9 Å². The van der Waals surface area contributed by atoms with Gasteiger partial charge in [0.25, 0.3) is 0 Å². The predicted molar refractivity (Wildman–Crippen MR) is 114 cm³/mol. The van der Waals surface area contributed by atoms with Crippen molar-refractivity contribution in [1.82, 2.24) is 9.80 Å². The lowest BCUT2D eigenvalue weighted by molar-refractivity contribution is -0.135. The maximum absolute atomic E-state index is 12.7. The zero-order valence-corrected chi connectivity index (χ0v) is 17.7. The molecule has 5 heteroatoms. The van der Waals surface area contributed by atoms with E-state index >= 15 is 0 Å². The normalized spacial score (nSPS) is 18.2. The summed E-state index contributed by atoms with van der Waals surface area (Å²) in [5, 5.41) is 0. The third kappa shape index (κ3) is 4.86. The summed E-state index contributed by atoms with van der Waals surface area (Å²) in [6.07, 6.45) is 6.28. The summed E-state index contributed by atoms with van der Waals surface area (Å²) >= 11 is 0. The maximum Gasteiger partial charge on any atom is 0.224 e. The smallest absolute Gasteiger partial charge is 0.224 e. The molecule has 28 heavy (non-hydrogen) atoms. The molecule has 1 saturated carbocycles. The SMILES string of the molecule is CC(=O)N(CCC(=O)N1CCN(c2cccc(C)c2C)CC1)C1CCCCC1. The zero-order chi connectivity index (χ0) is 20.1. The average molecular weight is 386 g/mol. The lowest BCUT2D eigenvalue weighted by Gasteiger charge is -2.38. The molecule has 154 valence electrons. The highest BCUT2D eigenvalue weighted by molar-refractivity contribution is 5.78. The Morgan fingerprint density at radius 3 is 2.36 bits per heavy atom. The molecule has 1 aliphatic heterocycles. The molecular formula is C23H35N3O2. The van der Waals surface area contributed by atoms with Crippen LogP contribution in [-0.2, 0) is 9.59 Å². The minimum absolute atomic E-state index is 0.111. The molecule has 2 aliphatic rings. The number of rotatable bonds is 5. The molecule has 0 N–H and O–H groups in total. The van der Waals surface area contributed by atoms with Crippen LogP contribution in [0.15, 0.2) is 18.2 Å². The minimum Gasteiger partial charge on any atom is -0.368 e. The van der Waals surface area contributed by atoms with Crippen molar-refractivity contribution in [1.29, 1.82) is 0 Å². The van der Waals surface area contributed by atoms with Crippen molar-refractivity contribution < 1.29 is 9.59 Å². The van der Waals surface area contributed by atoms with Gasteiger partial charge in [0.1, 0.15) is 0 Å². The van der Waals surface area contributed by atoms with Crippen LogP contribution >= 0.6 is 0 Å². The molecule has 0 unspecified atom stereocenters. The second-order valence-corrected chi connectivity index (χ2v) is 8.34. The molecule has 0 bridgehead atoms. The Bertz CT molecular complexity index is 689. The quantitative estimate of drug-likeness (QED) is 0.779. The molecule has 5 nitrogen and oxygen atoms in total. The van der Waals surface area contributed by atoms with Gasteiger partial charge in [-0.3, -0.25) is 9.59 Å². The lowest BCUT2D eigenvalue weighted by Crippen LogP contribution is -2.50. The van der Waals surface area contributed by atoms with Crippen molar-refractivity contribution in [2.75, 3.05) is 37.6 Å². The van der Waals surface area contributed by atoms with E-state index in [0.29, 0.717) is 19.0 Å². The van der Waals surface area contributed by atoms with Gasteiger partial charge in [0, 0.05) is 57.8 Å². The fourth-order valence-corrected chi connectivity index (χ4v) is 4.64. The van der Waals surface area contributed by atoms with Crippen molar-refractivity contribution in [3.8, 4) is 0 Å². The first kappa shape index (κ1) is 20.7. The van der Waals surface area contributed by atoms with E-state index in [9.17, 15) is 9.59 Å². The van der Waals surface area contributed by atoms with Crippen molar-refractivity contribution in [3.05, 3.63) is 29.3 Å². The minimum atomic E-state index is 0.111. The van der Waals surface area contributed by atoms with Gasteiger partial charge in [-0.1, -0.05) is 31.4 Å². The molecule has 1 heterocycles. The number of piperazine rings is 1. The number of aryl methyl sites for hydroxylation is 1. The monoisotopic (exact) mass is 385 g/mol. The molecule has 3 rings (SSSR count). The molecule has 0 atom stereocenters. The highest BCUT2D eigenvalue weighted by Crippen LogP contribution is 2.25. The zero-order valence-electron chi connectivity index (χ0n) is 17.7. The summed E-state index contributed by atoms with van der Waals surface area (Å²) in [5.41, 5.74) is 3.92. The van der Waals surface area contributed by atoms with Gasteiger partial charge in [-0.2, -0.15) is 0 Å². The van der Waals surface area contributed by atoms with E-state index < -0.39 is 0 Å². The van der Waals surface area contributed by atoms with E-state index in [1.165, 1.54) is 36.1 Å². The summed E-state index contributed by atoms with van der Waals surface area (Å²) in [6, 6.07) is 6.76. The third-order valence-corrected chi connectivity index (χ3v) is 6.54. The van der Waals surface area contributed by atoms with Crippen LogP contribution in [0.25, 0.3) is 0 Å². The number of hydrogen-bond donors (Lipinski definition) is 0. The van der Waals surface area contributed by atoms with Gasteiger partial charge in [-0.05, 0) is 43.9 Å². The number of benzene rings is 1. The van der Waals surface area contributed by atoms with E-state index in [-0.39, 0.29) is 11.8 Å². The summed E-state index contributed by atoms with van der Waals surface area (Å²) in [5.74, 6) is 0.294. The average Bonchev–Trinajstić information content (AvgIpc) is 2.71. The summed E-state index contributed by atoms with van der Waals surface area (Å²) in [6.45, 7) is 9.78. The number of amides is 2. The van der Waals surface area contributed by atoms with Gasteiger partial charge in [0.2, 0.25) is 11.8 Å². The molecule has 1 aliphatic carbocycles. The van der Waals surface area contributed by atoms with Crippen LogP contribution in [0.1, 0.15) is 56.6 Å². The second kappa shape index (κ2) is 9.44. The molecule has 0 radical (unpaired) electrons. The molecule has 1 aromatic rings. The molecule has 0 spiro atoms. The first-order valence-electron chi connectivity index (χ1n) is 10.8.